The van der Waals surface area contributed by atoms with Crippen molar-refractivity contribution in [2.24, 2.45) is 4.99 Å². The predicted molar refractivity (Wildman–Crippen MR) is 102 cm³/mol. The van der Waals surface area contributed by atoms with Crippen LogP contribution in [0.3, 0.4) is 0 Å². The molecule has 0 bridgehead atoms. The number of nitrogens with zero attached hydrogens (tertiary/aromatic N) is 1. The topological polar surface area (TPSA) is 45.7 Å². The zero-order valence-electron chi connectivity index (χ0n) is 14.0. The lowest BCUT2D eigenvalue weighted by molar-refractivity contribution is -0.274. The number of rotatable bonds is 4. The number of hydrogen-bond donors (Lipinski definition) is 2. The molecular weight excluding hydrogens is 446 g/mol. The van der Waals surface area contributed by atoms with Gasteiger partial charge in [0.25, 0.3) is 0 Å². The molecule has 0 heterocycles. The van der Waals surface area contributed by atoms with Gasteiger partial charge < -0.3 is 15.4 Å². The number of hydrogen-bond acceptors (Lipinski definition) is 2. The van der Waals surface area contributed by atoms with Gasteiger partial charge in [-0.1, -0.05) is 31.0 Å². The first-order valence-electron chi connectivity index (χ1n) is 8.31. The van der Waals surface area contributed by atoms with Gasteiger partial charge in [-0.25, -0.2) is 0 Å². The number of para-hydroxylation sites is 1. The number of alkyl halides is 3. The molecule has 2 atom stereocenters. The smallest absolute Gasteiger partial charge is 0.405 e. The molecule has 140 valence electrons. The minimum absolute atomic E-state index is 0. The monoisotopic (exact) mass is 469 g/mol. The fraction of sp³-hybridized carbons (Fsp3) is 0.588. The summed E-state index contributed by atoms with van der Waals surface area (Å²) in [5, 5.41) is 6.70. The zero-order valence-corrected chi connectivity index (χ0v) is 16.3. The highest BCUT2D eigenvalue weighted by molar-refractivity contribution is 14.0. The van der Waals surface area contributed by atoms with Gasteiger partial charge in [-0.3, -0.25) is 4.99 Å². The lowest BCUT2D eigenvalue weighted by atomic mass is 10.1. The van der Waals surface area contributed by atoms with Crippen molar-refractivity contribution in [2.45, 2.75) is 56.5 Å². The molecule has 2 unspecified atom stereocenters. The van der Waals surface area contributed by atoms with E-state index < -0.39 is 6.36 Å². The van der Waals surface area contributed by atoms with Crippen molar-refractivity contribution in [1.29, 1.82) is 0 Å². The zero-order chi connectivity index (χ0) is 17.2. The van der Waals surface area contributed by atoms with Crippen molar-refractivity contribution < 1.29 is 17.9 Å². The molecule has 0 aromatic heterocycles. The Bertz CT molecular complexity index is 603. The molecule has 2 aliphatic carbocycles. The second kappa shape index (κ2) is 8.46. The largest absolute Gasteiger partial charge is 0.573 e. The Morgan fingerprint density at radius 2 is 1.84 bits per heavy atom. The second-order valence-corrected chi connectivity index (χ2v) is 6.38. The van der Waals surface area contributed by atoms with E-state index in [0.717, 1.165) is 25.2 Å². The average molecular weight is 469 g/mol. The van der Waals surface area contributed by atoms with Crippen LogP contribution in [-0.4, -0.2) is 31.5 Å². The molecular formula is C17H23F3IN3O. The van der Waals surface area contributed by atoms with Gasteiger partial charge in [0.05, 0.1) is 0 Å². The molecule has 1 aromatic carbocycles. The van der Waals surface area contributed by atoms with Gasteiger partial charge in [0, 0.05) is 25.0 Å². The fourth-order valence-corrected chi connectivity index (χ4v) is 3.31. The third-order valence-corrected chi connectivity index (χ3v) is 4.58. The highest BCUT2D eigenvalue weighted by Crippen LogP contribution is 2.45. The Morgan fingerprint density at radius 1 is 1.16 bits per heavy atom. The van der Waals surface area contributed by atoms with Crippen LogP contribution < -0.4 is 15.4 Å². The first-order valence-corrected chi connectivity index (χ1v) is 8.31. The minimum atomic E-state index is -4.67. The fourth-order valence-electron chi connectivity index (χ4n) is 3.31. The van der Waals surface area contributed by atoms with E-state index in [4.69, 9.17) is 0 Å². The summed E-state index contributed by atoms with van der Waals surface area (Å²) in [7, 11) is 1.71. The normalized spacial score (nSPS) is 23.8. The third-order valence-electron chi connectivity index (χ3n) is 4.58. The predicted octanol–water partition coefficient (Wildman–Crippen LogP) is 4.17. The van der Waals surface area contributed by atoms with E-state index in [9.17, 15) is 13.2 Å². The van der Waals surface area contributed by atoms with Crippen LogP contribution in [0.2, 0.25) is 0 Å². The summed E-state index contributed by atoms with van der Waals surface area (Å²) in [6.45, 7) is 0. The summed E-state index contributed by atoms with van der Waals surface area (Å²) in [6.07, 6.45) is 0.817. The van der Waals surface area contributed by atoms with Crippen molar-refractivity contribution in [2.75, 3.05) is 7.05 Å². The summed E-state index contributed by atoms with van der Waals surface area (Å²) in [5.74, 6) is 0.618. The number of ether oxygens (including phenoxy) is 1. The quantitative estimate of drug-likeness (QED) is 0.396. The molecule has 2 saturated carbocycles. The van der Waals surface area contributed by atoms with Crippen molar-refractivity contribution in [1.82, 2.24) is 10.6 Å². The van der Waals surface area contributed by atoms with Crippen LogP contribution in [-0.2, 0) is 0 Å². The molecule has 0 amide bonds. The summed E-state index contributed by atoms with van der Waals surface area (Å²) < 4.78 is 41.7. The second-order valence-electron chi connectivity index (χ2n) is 6.38. The van der Waals surface area contributed by atoms with Gasteiger partial charge in [-0.2, -0.15) is 0 Å². The average Bonchev–Trinajstić information content (AvgIpc) is 3.08. The summed E-state index contributed by atoms with van der Waals surface area (Å²) in [6, 6.07) is 6.87. The molecule has 3 rings (SSSR count). The van der Waals surface area contributed by atoms with Crippen molar-refractivity contribution in [3.8, 4) is 5.75 Å². The van der Waals surface area contributed by atoms with E-state index in [1.54, 1.807) is 25.2 Å². The van der Waals surface area contributed by atoms with E-state index in [0.29, 0.717) is 11.6 Å². The molecule has 0 radical (unpaired) electrons. The van der Waals surface area contributed by atoms with Crippen LogP contribution in [0.1, 0.15) is 43.6 Å². The molecule has 1 aromatic rings. The van der Waals surface area contributed by atoms with E-state index in [1.807, 2.05) is 0 Å². The Labute approximate surface area is 162 Å². The first kappa shape index (κ1) is 20.1. The third kappa shape index (κ3) is 5.65. The number of aliphatic imine (C=N–C) groups is 1. The lowest BCUT2D eigenvalue weighted by Crippen LogP contribution is -2.43. The SMILES string of the molecule is CN=C(NC1CCCC1)NC1CC1c1ccccc1OC(F)(F)F.I. The number of guanidine groups is 1. The number of nitrogens with one attached hydrogen (secondary N) is 2. The van der Waals surface area contributed by atoms with Crippen LogP contribution in [0, 0.1) is 0 Å². The Balaban J connectivity index is 0.00000225. The van der Waals surface area contributed by atoms with Gasteiger partial charge in [-0.05, 0) is 30.9 Å². The maximum absolute atomic E-state index is 12.5. The standard InChI is InChI=1S/C17H22F3N3O.HI/c1-21-16(22-11-6-2-3-7-11)23-14-10-13(14)12-8-4-5-9-15(12)24-17(18,19)20;/h4-5,8-9,11,13-14H,2-3,6-7,10H2,1H3,(H2,21,22,23);1H. The molecule has 8 heteroatoms. The van der Waals surface area contributed by atoms with Crippen LogP contribution in [0.4, 0.5) is 13.2 Å². The first-order chi connectivity index (χ1) is 11.5. The van der Waals surface area contributed by atoms with Crippen LogP contribution >= 0.6 is 24.0 Å². The Hall–Kier alpha value is -1.19. The molecule has 2 fully saturated rings. The van der Waals surface area contributed by atoms with Gasteiger partial charge in [-0.15, -0.1) is 37.1 Å². The maximum atomic E-state index is 12.5. The van der Waals surface area contributed by atoms with Crippen LogP contribution in [0.25, 0.3) is 0 Å². The summed E-state index contributed by atoms with van der Waals surface area (Å²) in [5.41, 5.74) is 0.587. The highest BCUT2D eigenvalue weighted by Gasteiger charge is 2.42. The van der Waals surface area contributed by atoms with E-state index >= 15 is 0 Å². The molecule has 2 aliphatic rings. The number of halogens is 4. The molecule has 2 N–H and O–H groups in total. The van der Waals surface area contributed by atoms with E-state index in [-0.39, 0.29) is 41.7 Å². The lowest BCUT2D eigenvalue weighted by Gasteiger charge is -2.17. The van der Waals surface area contributed by atoms with Gasteiger partial charge in [0.15, 0.2) is 5.96 Å². The maximum Gasteiger partial charge on any atom is 0.573 e. The Kier molecular flexibility index (Phi) is 6.81. The highest BCUT2D eigenvalue weighted by atomic mass is 127. The molecule has 0 aliphatic heterocycles. The van der Waals surface area contributed by atoms with Gasteiger partial charge in [0.2, 0.25) is 0 Å². The van der Waals surface area contributed by atoms with Crippen molar-refractivity contribution in [3.63, 3.8) is 0 Å². The van der Waals surface area contributed by atoms with Crippen molar-refractivity contribution in [3.05, 3.63) is 29.8 Å². The minimum Gasteiger partial charge on any atom is -0.405 e. The summed E-state index contributed by atoms with van der Waals surface area (Å²) in [4.78, 5) is 4.22. The molecule has 0 saturated heterocycles. The van der Waals surface area contributed by atoms with Crippen molar-refractivity contribution >= 4 is 29.9 Å². The van der Waals surface area contributed by atoms with E-state index in [2.05, 4.69) is 20.4 Å². The number of benzene rings is 1. The van der Waals surface area contributed by atoms with Gasteiger partial charge in [0.1, 0.15) is 5.75 Å². The molecule has 25 heavy (non-hydrogen) atoms. The summed E-state index contributed by atoms with van der Waals surface area (Å²) >= 11 is 0. The molecule has 4 nitrogen and oxygen atoms in total. The van der Waals surface area contributed by atoms with Crippen LogP contribution in [0.15, 0.2) is 29.3 Å². The van der Waals surface area contributed by atoms with Gasteiger partial charge >= 0.3 is 6.36 Å². The molecule has 0 spiro atoms. The Morgan fingerprint density at radius 3 is 2.48 bits per heavy atom. The van der Waals surface area contributed by atoms with E-state index in [1.165, 1.54) is 18.9 Å². The van der Waals surface area contributed by atoms with Crippen LogP contribution in [0.5, 0.6) is 5.75 Å².